The molecule has 2 nitrogen and oxygen atoms in total. The quantitative estimate of drug-likeness (QED) is 0.828. The number of nitrogens with one attached hydrogen (secondary N) is 1. The van der Waals surface area contributed by atoms with Gasteiger partial charge in [-0.1, -0.05) is 13.8 Å². The lowest BCUT2D eigenvalue weighted by atomic mass is 9.75. The van der Waals surface area contributed by atoms with Crippen LogP contribution < -0.4 is 5.32 Å². The van der Waals surface area contributed by atoms with Crippen LogP contribution in [0.5, 0.6) is 0 Å². The van der Waals surface area contributed by atoms with Crippen LogP contribution >= 0.6 is 11.3 Å². The Morgan fingerprint density at radius 3 is 2.75 bits per heavy atom. The fourth-order valence-corrected chi connectivity index (χ4v) is 4.72. The summed E-state index contributed by atoms with van der Waals surface area (Å²) in [5, 5.41) is 3.61. The van der Waals surface area contributed by atoms with E-state index in [1.165, 1.54) is 30.6 Å². The minimum Gasteiger partial charge on any atom is -0.377 e. The van der Waals surface area contributed by atoms with Crippen LogP contribution in [0.2, 0.25) is 0 Å². The molecule has 1 aromatic rings. The molecular formula is C17H27NOS. The van der Waals surface area contributed by atoms with E-state index in [4.69, 9.17) is 4.74 Å². The van der Waals surface area contributed by atoms with Gasteiger partial charge in [0.25, 0.3) is 0 Å². The minimum atomic E-state index is 0.340. The van der Waals surface area contributed by atoms with Crippen molar-refractivity contribution >= 4 is 11.3 Å². The second kappa shape index (κ2) is 6.17. The van der Waals surface area contributed by atoms with Crippen molar-refractivity contribution in [2.45, 2.75) is 52.1 Å². The Bertz CT molecular complexity index is 440. The molecule has 2 heterocycles. The normalized spacial score (nSPS) is 30.0. The Kier molecular flexibility index (Phi) is 4.49. The predicted octanol–water partition coefficient (Wildman–Crippen LogP) is 3.65. The van der Waals surface area contributed by atoms with Gasteiger partial charge in [0.05, 0.1) is 6.10 Å². The standard InChI is InChI=1S/C17H27NOS/c1-3-14-7-8-15(20-14)11-17(12-18-4-2)9-10-19-16(17)13-5-6-13/h7-8,13,16,18H,3-6,9-12H2,1-2H3. The third-order valence-electron chi connectivity index (χ3n) is 4.87. The highest BCUT2D eigenvalue weighted by Gasteiger charge is 2.50. The molecule has 20 heavy (non-hydrogen) atoms. The van der Waals surface area contributed by atoms with Gasteiger partial charge in [0.1, 0.15) is 0 Å². The zero-order valence-corrected chi connectivity index (χ0v) is 13.6. The van der Waals surface area contributed by atoms with Crippen molar-refractivity contribution in [3.8, 4) is 0 Å². The summed E-state index contributed by atoms with van der Waals surface area (Å²) < 4.78 is 6.16. The van der Waals surface area contributed by atoms with Gasteiger partial charge in [-0.05, 0) is 56.7 Å². The van der Waals surface area contributed by atoms with E-state index in [0.717, 1.165) is 32.0 Å². The molecule has 0 amide bonds. The molecule has 1 N–H and O–H groups in total. The molecule has 112 valence electrons. The molecule has 1 aliphatic carbocycles. The molecule has 1 aromatic heterocycles. The third kappa shape index (κ3) is 2.95. The van der Waals surface area contributed by atoms with Crippen LogP contribution in [0, 0.1) is 11.3 Å². The van der Waals surface area contributed by atoms with Gasteiger partial charge in [0.2, 0.25) is 0 Å². The average molecular weight is 293 g/mol. The third-order valence-corrected chi connectivity index (χ3v) is 6.10. The first-order valence-electron chi connectivity index (χ1n) is 8.17. The van der Waals surface area contributed by atoms with Crippen molar-refractivity contribution in [1.29, 1.82) is 0 Å². The van der Waals surface area contributed by atoms with Crippen molar-refractivity contribution in [2.24, 2.45) is 11.3 Å². The smallest absolute Gasteiger partial charge is 0.0675 e. The molecule has 2 unspecified atom stereocenters. The van der Waals surface area contributed by atoms with Crippen LogP contribution in [0.1, 0.15) is 42.9 Å². The molecule has 1 aliphatic heterocycles. The molecule has 0 bridgehead atoms. The van der Waals surface area contributed by atoms with Crippen LogP contribution in [-0.4, -0.2) is 25.8 Å². The molecule has 2 fully saturated rings. The lowest BCUT2D eigenvalue weighted by Crippen LogP contribution is -2.43. The van der Waals surface area contributed by atoms with E-state index in [1.807, 2.05) is 11.3 Å². The Hall–Kier alpha value is -0.380. The van der Waals surface area contributed by atoms with Gasteiger partial charge < -0.3 is 10.1 Å². The minimum absolute atomic E-state index is 0.340. The Balaban J connectivity index is 1.77. The van der Waals surface area contributed by atoms with Crippen LogP contribution in [0.15, 0.2) is 12.1 Å². The maximum Gasteiger partial charge on any atom is 0.0675 e. The maximum absolute atomic E-state index is 6.16. The topological polar surface area (TPSA) is 21.3 Å². The molecule has 0 radical (unpaired) electrons. The van der Waals surface area contributed by atoms with Gasteiger partial charge >= 0.3 is 0 Å². The molecule has 1 saturated heterocycles. The predicted molar refractivity (Wildman–Crippen MR) is 85.5 cm³/mol. The average Bonchev–Trinajstić information content (AvgIpc) is 3.06. The molecule has 2 aliphatic rings. The molecule has 3 heteroatoms. The number of thiophene rings is 1. The Labute approximate surface area is 126 Å². The highest BCUT2D eigenvalue weighted by molar-refractivity contribution is 7.11. The molecule has 0 spiro atoms. The maximum atomic E-state index is 6.16. The summed E-state index contributed by atoms with van der Waals surface area (Å²) >= 11 is 2.00. The van der Waals surface area contributed by atoms with Gasteiger partial charge in [-0.25, -0.2) is 0 Å². The van der Waals surface area contributed by atoms with Crippen molar-refractivity contribution < 1.29 is 4.74 Å². The first-order valence-corrected chi connectivity index (χ1v) is 8.99. The van der Waals surface area contributed by atoms with Crippen LogP contribution in [-0.2, 0) is 17.6 Å². The summed E-state index contributed by atoms with van der Waals surface area (Å²) in [6, 6.07) is 4.66. The fraction of sp³-hybridized carbons (Fsp3) is 0.765. The van der Waals surface area contributed by atoms with Crippen molar-refractivity contribution in [3.05, 3.63) is 21.9 Å². The van der Waals surface area contributed by atoms with Crippen LogP contribution in [0.4, 0.5) is 0 Å². The first kappa shape index (κ1) is 14.6. The summed E-state index contributed by atoms with van der Waals surface area (Å²) in [6.07, 6.45) is 6.83. The summed E-state index contributed by atoms with van der Waals surface area (Å²) in [7, 11) is 0. The fourth-order valence-electron chi connectivity index (χ4n) is 3.61. The van der Waals surface area contributed by atoms with Crippen LogP contribution in [0.25, 0.3) is 0 Å². The van der Waals surface area contributed by atoms with Gasteiger partial charge in [0, 0.05) is 28.3 Å². The van der Waals surface area contributed by atoms with Crippen molar-refractivity contribution in [1.82, 2.24) is 5.32 Å². The molecule has 2 atom stereocenters. The Morgan fingerprint density at radius 1 is 1.30 bits per heavy atom. The van der Waals surface area contributed by atoms with Gasteiger partial charge in [-0.2, -0.15) is 0 Å². The van der Waals surface area contributed by atoms with Crippen molar-refractivity contribution in [2.75, 3.05) is 19.7 Å². The second-order valence-corrected chi connectivity index (χ2v) is 7.67. The zero-order valence-electron chi connectivity index (χ0n) is 12.8. The van der Waals surface area contributed by atoms with Gasteiger partial charge in [0.15, 0.2) is 0 Å². The number of hydrogen-bond donors (Lipinski definition) is 1. The van der Waals surface area contributed by atoms with Gasteiger partial charge in [-0.15, -0.1) is 11.3 Å². The molecular weight excluding hydrogens is 266 g/mol. The SMILES string of the molecule is CCNCC1(Cc2ccc(CC)s2)CCOC1C1CC1. The number of rotatable bonds is 7. The largest absolute Gasteiger partial charge is 0.377 e. The summed E-state index contributed by atoms with van der Waals surface area (Å²) in [6.45, 7) is 7.58. The number of ether oxygens (including phenoxy) is 1. The second-order valence-electron chi connectivity index (χ2n) is 6.42. The summed E-state index contributed by atoms with van der Waals surface area (Å²) in [5.41, 5.74) is 0.340. The van der Waals surface area contributed by atoms with E-state index in [-0.39, 0.29) is 0 Å². The lowest BCUT2D eigenvalue weighted by molar-refractivity contribution is 0.0312. The molecule has 0 aromatic carbocycles. The summed E-state index contributed by atoms with van der Waals surface area (Å²) in [5.74, 6) is 0.835. The highest BCUT2D eigenvalue weighted by atomic mass is 32.1. The van der Waals surface area contributed by atoms with E-state index >= 15 is 0 Å². The number of hydrogen-bond acceptors (Lipinski definition) is 3. The molecule has 3 rings (SSSR count). The van der Waals surface area contributed by atoms with Crippen LogP contribution in [0.3, 0.4) is 0 Å². The highest BCUT2D eigenvalue weighted by Crippen LogP contribution is 2.49. The Morgan fingerprint density at radius 2 is 2.10 bits per heavy atom. The molecule has 1 saturated carbocycles. The first-order chi connectivity index (χ1) is 9.77. The van der Waals surface area contributed by atoms with E-state index in [2.05, 4.69) is 31.3 Å². The lowest BCUT2D eigenvalue weighted by Gasteiger charge is -2.34. The zero-order chi connectivity index (χ0) is 14.0. The van der Waals surface area contributed by atoms with Crippen molar-refractivity contribution in [3.63, 3.8) is 0 Å². The summed E-state index contributed by atoms with van der Waals surface area (Å²) in [4.78, 5) is 3.07. The van der Waals surface area contributed by atoms with E-state index in [9.17, 15) is 0 Å². The van der Waals surface area contributed by atoms with E-state index < -0.39 is 0 Å². The van der Waals surface area contributed by atoms with E-state index in [1.54, 1.807) is 4.88 Å². The van der Waals surface area contributed by atoms with Gasteiger partial charge in [-0.3, -0.25) is 0 Å². The monoisotopic (exact) mass is 293 g/mol. The van der Waals surface area contributed by atoms with E-state index in [0.29, 0.717) is 11.5 Å². The number of aryl methyl sites for hydroxylation is 1.